The van der Waals surface area contributed by atoms with Gasteiger partial charge in [-0.2, -0.15) is 0 Å². The zero-order chi connectivity index (χ0) is 21.3. The van der Waals surface area contributed by atoms with Gasteiger partial charge in [-0.15, -0.1) is 11.4 Å². The summed E-state index contributed by atoms with van der Waals surface area (Å²) in [6.45, 7) is 19.1. The van der Waals surface area contributed by atoms with Gasteiger partial charge >= 0.3 is 0 Å². The van der Waals surface area contributed by atoms with Crippen LogP contribution < -0.4 is 10.6 Å². The van der Waals surface area contributed by atoms with E-state index in [1.165, 1.54) is 33.1 Å². The lowest BCUT2D eigenvalue weighted by Crippen LogP contribution is -2.18. The van der Waals surface area contributed by atoms with Crippen LogP contribution in [0.1, 0.15) is 66.5 Å². The van der Waals surface area contributed by atoms with Crippen molar-refractivity contribution in [3.63, 3.8) is 0 Å². The van der Waals surface area contributed by atoms with Gasteiger partial charge in [0.15, 0.2) is 0 Å². The minimum atomic E-state index is -0.228. The van der Waals surface area contributed by atoms with Crippen molar-refractivity contribution in [1.29, 1.82) is 0 Å². The van der Waals surface area contributed by atoms with Crippen LogP contribution in [-0.4, -0.2) is 22.6 Å². The number of para-hydroxylation sites is 2. The van der Waals surface area contributed by atoms with Crippen LogP contribution in [0.4, 0.5) is 11.4 Å². The van der Waals surface area contributed by atoms with E-state index in [9.17, 15) is 0 Å². The predicted octanol–water partition coefficient (Wildman–Crippen LogP) is 7.97. The Hall–Kier alpha value is -0.900. The molecule has 0 radical (unpaired) electrons. The van der Waals surface area contributed by atoms with E-state index in [1.807, 2.05) is 0 Å². The van der Waals surface area contributed by atoms with E-state index in [4.69, 9.17) is 5.32 Å². The van der Waals surface area contributed by atoms with Crippen LogP contribution in [0.25, 0.3) is 5.32 Å². The fraction of sp³-hybridized carbons (Fsp3) is 0.538. The molecule has 0 N–H and O–H groups in total. The number of nitrogens with zero attached hydrogens (tertiary/aromatic N) is 1. The van der Waals surface area contributed by atoms with Gasteiger partial charge in [-0.3, -0.25) is 0 Å². The second kappa shape index (κ2) is 9.49. The number of hydrogen-bond donors (Lipinski definition) is 0. The van der Waals surface area contributed by atoms with Crippen molar-refractivity contribution in [2.45, 2.75) is 90.9 Å². The van der Waals surface area contributed by atoms with Crippen LogP contribution in [0, 0.1) is 0 Å². The molecule has 0 amide bonds. The molecule has 0 bridgehead atoms. The molecule has 0 spiro atoms. The van der Waals surface area contributed by atoms with Gasteiger partial charge in [0.05, 0.1) is 0 Å². The first-order valence-corrected chi connectivity index (χ1v) is 14.2. The average molecular weight is 427 g/mol. The Balaban J connectivity index is 2.16. The molecule has 0 saturated heterocycles. The lowest BCUT2D eigenvalue weighted by molar-refractivity contribution is 0.977. The fourth-order valence-electron chi connectivity index (χ4n) is 4.92. The van der Waals surface area contributed by atoms with Crippen LogP contribution in [0.3, 0.4) is 0 Å². The van der Waals surface area contributed by atoms with Gasteiger partial charge in [0.1, 0.15) is 0 Å². The van der Waals surface area contributed by atoms with Gasteiger partial charge in [0.2, 0.25) is 0 Å². The molecule has 1 nitrogen and oxygen atoms in total. The summed E-state index contributed by atoms with van der Waals surface area (Å²) in [6, 6.07) is 13.9. The summed E-state index contributed by atoms with van der Waals surface area (Å²) in [7, 11) is -0.456. The average Bonchev–Trinajstić information content (AvgIpc) is 2.81. The molecular formula is C26H38NP2-. The summed E-state index contributed by atoms with van der Waals surface area (Å²) in [4.78, 5) is 0. The maximum absolute atomic E-state index is 5.51. The van der Waals surface area contributed by atoms with Crippen LogP contribution in [0.15, 0.2) is 36.4 Å². The van der Waals surface area contributed by atoms with Crippen LogP contribution in [0.2, 0.25) is 0 Å². The maximum atomic E-state index is 5.51. The zero-order valence-electron chi connectivity index (χ0n) is 19.5. The Labute approximate surface area is 181 Å². The summed E-state index contributed by atoms with van der Waals surface area (Å²) in [5, 5.41) is 8.54. The highest BCUT2D eigenvalue weighted by Crippen LogP contribution is 2.53. The second-order valence-electron chi connectivity index (χ2n) is 9.37. The highest BCUT2D eigenvalue weighted by atomic mass is 31.1. The van der Waals surface area contributed by atoms with Crippen molar-refractivity contribution >= 4 is 37.8 Å². The van der Waals surface area contributed by atoms with Crippen molar-refractivity contribution in [2.75, 3.05) is 0 Å². The molecule has 0 unspecified atom stereocenters. The lowest BCUT2D eigenvalue weighted by atomic mass is 10.0. The first-order chi connectivity index (χ1) is 13.7. The standard InChI is InChI=1S/C26H38NP2/c1-17(2)28(18(3)4)23-13-9-11-21-15-16-22-12-10-14-24(26(22)27-25(21)23)29(19(5)6)20(7)8/h9-14,17-20H,15-16H2,1-8H3/q-1. The minimum Gasteiger partial charge on any atom is -0.656 e. The smallest absolute Gasteiger partial charge is 0.0224 e. The predicted molar refractivity (Wildman–Crippen MR) is 137 cm³/mol. The quantitative estimate of drug-likeness (QED) is 0.416. The van der Waals surface area contributed by atoms with E-state index in [2.05, 4.69) is 91.8 Å². The molecule has 1 aliphatic rings. The maximum Gasteiger partial charge on any atom is -0.0224 e. The van der Waals surface area contributed by atoms with Crippen LogP contribution in [-0.2, 0) is 12.8 Å². The van der Waals surface area contributed by atoms with Crippen molar-refractivity contribution < 1.29 is 0 Å². The molecule has 1 aliphatic heterocycles. The van der Waals surface area contributed by atoms with Gasteiger partial charge in [-0.05, 0) is 46.1 Å². The van der Waals surface area contributed by atoms with Gasteiger partial charge in [-0.25, -0.2) is 0 Å². The summed E-state index contributed by atoms with van der Waals surface area (Å²) in [5.41, 5.74) is 8.18. The lowest BCUT2D eigenvalue weighted by Gasteiger charge is -2.38. The van der Waals surface area contributed by atoms with Crippen molar-refractivity contribution in [3.05, 3.63) is 52.8 Å². The molecule has 29 heavy (non-hydrogen) atoms. The summed E-state index contributed by atoms with van der Waals surface area (Å²) in [5.74, 6) is 0. The molecule has 158 valence electrons. The monoisotopic (exact) mass is 426 g/mol. The molecule has 0 atom stereocenters. The zero-order valence-corrected chi connectivity index (χ0v) is 21.3. The normalized spacial score (nSPS) is 14.0. The third-order valence-corrected chi connectivity index (χ3v) is 12.2. The van der Waals surface area contributed by atoms with E-state index in [-0.39, 0.29) is 15.8 Å². The third kappa shape index (κ3) is 4.73. The van der Waals surface area contributed by atoms with E-state index in [1.54, 1.807) is 0 Å². The molecular weight excluding hydrogens is 388 g/mol. The van der Waals surface area contributed by atoms with Gasteiger partial charge in [0.25, 0.3) is 0 Å². The third-order valence-electron chi connectivity index (χ3n) is 5.87. The number of aryl methyl sites for hydroxylation is 2. The first kappa shape index (κ1) is 22.8. The Morgan fingerprint density at radius 3 is 1.24 bits per heavy atom. The van der Waals surface area contributed by atoms with Crippen LogP contribution >= 0.6 is 15.8 Å². The van der Waals surface area contributed by atoms with Gasteiger partial charge in [0, 0.05) is 0 Å². The Bertz CT molecular complexity index is 753. The Morgan fingerprint density at radius 2 is 0.931 bits per heavy atom. The SMILES string of the molecule is CC(C)P(c1cccc2c1[N-]c1c(cccc1P(C(C)C)C(C)C)CC2)C(C)C. The summed E-state index contributed by atoms with van der Waals surface area (Å²) >= 11 is 0. The number of fused-ring (bicyclic) bond motifs is 2. The first-order valence-electron chi connectivity index (χ1n) is 11.2. The van der Waals surface area contributed by atoms with Crippen molar-refractivity contribution in [2.24, 2.45) is 0 Å². The minimum absolute atomic E-state index is 0.228. The number of benzene rings is 2. The van der Waals surface area contributed by atoms with Crippen molar-refractivity contribution in [1.82, 2.24) is 0 Å². The number of hydrogen-bond acceptors (Lipinski definition) is 0. The molecule has 1 heterocycles. The Kier molecular flexibility index (Phi) is 7.46. The highest BCUT2D eigenvalue weighted by molar-refractivity contribution is 7.67. The summed E-state index contributed by atoms with van der Waals surface area (Å²) < 4.78 is 0. The molecule has 2 aromatic rings. The van der Waals surface area contributed by atoms with E-state index < -0.39 is 0 Å². The van der Waals surface area contributed by atoms with Gasteiger partial charge in [-0.1, -0.05) is 119 Å². The van der Waals surface area contributed by atoms with Gasteiger partial charge < -0.3 is 5.32 Å². The molecule has 0 fully saturated rings. The largest absolute Gasteiger partial charge is 0.656 e. The molecule has 0 aromatic heterocycles. The number of rotatable bonds is 6. The molecule has 0 aliphatic carbocycles. The van der Waals surface area contributed by atoms with Crippen LogP contribution in [0.5, 0.6) is 0 Å². The van der Waals surface area contributed by atoms with E-state index in [0.29, 0.717) is 22.6 Å². The molecule has 2 aromatic carbocycles. The molecule has 3 rings (SSSR count). The molecule has 0 saturated carbocycles. The van der Waals surface area contributed by atoms with E-state index >= 15 is 0 Å². The second-order valence-corrected chi connectivity index (χ2v) is 16.1. The fourth-order valence-corrected chi connectivity index (χ4v) is 10.9. The van der Waals surface area contributed by atoms with Crippen molar-refractivity contribution in [3.8, 4) is 0 Å². The topological polar surface area (TPSA) is 14.1 Å². The van der Waals surface area contributed by atoms with E-state index in [0.717, 1.165) is 12.8 Å². The Morgan fingerprint density at radius 1 is 0.586 bits per heavy atom. The summed E-state index contributed by atoms with van der Waals surface area (Å²) in [6.07, 6.45) is 2.20. The molecule has 3 heteroatoms. The highest BCUT2D eigenvalue weighted by Gasteiger charge is 2.24.